The Morgan fingerprint density at radius 2 is 1.29 bits per heavy atom. The number of hydrogen-bond donors (Lipinski definition) is 0. The van der Waals surface area contributed by atoms with Gasteiger partial charge in [-0.05, 0) is 56.5 Å². The molecular weight excluding hydrogens is 474 g/mol. The average Bonchev–Trinajstić information content (AvgIpc) is 2.84. The summed E-state index contributed by atoms with van der Waals surface area (Å²) in [6.45, 7) is 5.49. The van der Waals surface area contributed by atoms with Gasteiger partial charge >= 0.3 is 0 Å². The number of hydrogen-bond acceptors (Lipinski definition) is 5. The van der Waals surface area contributed by atoms with Crippen LogP contribution in [0.4, 0.5) is 0 Å². The van der Waals surface area contributed by atoms with Gasteiger partial charge in [0.05, 0.1) is 9.79 Å². The Morgan fingerprint density at radius 1 is 0.706 bits per heavy atom. The highest BCUT2D eigenvalue weighted by Gasteiger charge is 2.32. The average molecular weight is 506 g/mol. The molecule has 2 aromatic carbocycles. The number of rotatable bonds is 5. The number of carbonyl (C=O) groups excluding carboxylic acids is 1. The topological polar surface area (TPSA) is 95.1 Å². The maximum absolute atomic E-state index is 13.2. The fourth-order valence-electron chi connectivity index (χ4n) is 4.43. The maximum Gasteiger partial charge on any atom is 0.253 e. The van der Waals surface area contributed by atoms with Gasteiger partial charge in [0.15, 0.2) is 0 Å². The van der Waals surface area contributed by atoms with Gasteiger partial charge in [-0.1, -0.05) is 30.2 Å². The summed E-state index contributed by atoms with van der Waals surface area (Å²) in [5, 5.41) is 0. The van der Waals surface area contributed by atoms with E-state index in [1.54, 1.807) is 48.2 Å². The molecule has 2 aliphatic rings. The normalized spacial score (nSPS) is 18.7. The summed E-state index contributed by atoms with van der Waals surface area (Å²) in [4.78, 5) is 15.2. The first kappa shape index (κ1) is 24.8. The molecule has 8 nitrogen and oxygen atoms in total. The Kier molecular flexibility index (Phi) is 7.14. The minimum atomic E-state index is -3.67. The van der Waals surface area contributed by atoms with Crippen LogP contribution in [0.1, 0.15) is 40.7 Å². The van der Waals surface area contributed by atoms with Gasteiger partial charge in [-0.15, -0.1) is 0 Å². The molecular formula is C24H31N3O5S2. The molecule has 0 spiro atoms. The van der Waals surface area contributed by atoms with E-state index in [-0.39, 0.29) is 41.9 Å². The first-order valence-corrected chi connectivity index (χ1v) is 14.5. The molecule has 0 radical (unpaired) electrons. The molecule has 0 aromatic heterocycles. The van der Waals surface area contributed by atoms with Crippen molar-refractivity contribution in [1.82, 2.24) is 13.5 Å². The predicted molar refractivity (Wildman–Crippen MR) is 130 cm³/mol. The van der Waals surface area contributed by atoms with E-state index in [0.717, 1.165) is 24.8 Å². The van der Waals surface area contributed by atoms with Crippen molar-refractivity contribution < 1.29 is 21.6 Å². The van der Waals surface area contributed by atoms with Crippen LogP contribution in [0.3, 0.4) is 0 Å². The third-order valence-electron chi connectivity index (χ3n) is 6.55. The lowest BCUT2D eigenvalue weighted by Gasteiger charge is -2.34. The van der Waals surface area contributed by atoms with Crippen molar-refractivity contribution in [3.05, 3.63) is 59.2 Å². The van der Waals surface area contributed by atoms with E-state index >= 15 is 0 Å². The van der Waals surface area contributed by atoms with Crippen LogP contribution in [0.25, 0.3) is 0 Å². The number of carbonyl (C=O) groups is 1. The van der Waals surface area contributed by atoms with Crippen LogP contribution >= 0.6 is 0 Å². The number of aryl methyl sites for hydroxylation is 2. The largest absolute Gasteiger partial charge is 0.336 e. The SMILES string of the molecule is Cc1ccc(S(=O)(=O)N2CCN(C(=O)c3ccc(C)c(S(=O)(=O)N4CCCCC4)c3)CC2)cc1. The zero-order chi connectivity index (χ0) is 24.5. The third-order valence-corrected chi connectivity index (χ3v) is 10.5. The van der Waals surface area contributed by atoms with Crippen LogP contribution in [0.15, 0.2) is 52.3 Å². The second-order valence-electron chi connectivity index (χ2n) is 8.95. The summed E-state index contributed by atoms with van der Waals surface area (Å²) < 4.78 is 55.2. The van der Waals surface area contributed by atoms with E-state index in [2.05, 4.69) is 0 Å². The summed E-state index contributed by atoms with van der Waals surface area (Å²) in [6, 6.07) is 11.5. The van der Waals surface area contributed by atoms with Crippen LogP contribution in [-0.4, -0.2) is 75.5 Å². The second-order valence-corrected chi connectivity index (χ2v) is 12.8. The molecule has 2 fully saturated rings. The van der Waals surface area contributed by atoms with Gasteiger partial charge in [-0.2, -0.15) is 8.61 Å². The van der Waals surface area contributed by atoms with Crippen molar-refractivity contribution in [2.45, 2.75) is 42.9 Å². The van der Waals surface area contributed by atoms with Crippen molar-refractivity contribution in [2.24, 2.45) is 0 Å². The van der Waals surface area contributed by atoms with Crippen molar-refractivity contribution >= 4 is 26.0 Å². The summed E-state index contributed by atoms with van der Waals surface area (Å²) >= 11 is 0. The monoisotopic (exact) mass is 505 g/mol. The molecule has 2 aromatic rings. The molecule has 4 rings (SSSR count). The first-order valence-electron chi connectivity index (χ1n) is 11.6. The number of piperidine rings is 1. The Morgan fingerprint density at radius 3 is 1.91 bits per heavy atom. The molecule has 2 saturated heterocycles. The standard InChI is InChI=1S/C24H31N3O5S2/c1-19-6-10-22(11-7-19)33(29,30)27-16-14-25(15-17-27)24(28)21-9-8-20(2)23(18-21)34(31,32)26-12-4-3-5-13-26/h6-11,18H,3-5,12-17H2,1-2H3. The maximum atomic E-state index is 13.2. The lowest BCUT2D eigenvalue weighted by molar-refractivity contribution is 0.0697. The Bertz CT molecular complexity index is 1260. The number of sulfonamides is 2. The molecule has 0 bridgehead atoms. The molecule has 2 heterocycles. The smallest absolute Gasteiger partial charge is 0.253 e. The molecule has 0 unspecified atom stereocenters. The van der Waals surface area contributed by atoms with Crippen LogP contribution < -0.4 is 0 Å². The second kappa shape index (κ2) is 9.77. The van der Waals surface area contributed by atoms with Gasteiger partial charge in [-0.3, -0.25) is 4.79 Å². The van der Waals surface area contributed by atoms with Crippen LogP contribution in [0.2, 0.25) is 0 Å². The first-order chi connectivity index (χ1) is 16.1. The van der Waals surface area contributed by atoms with Crippen molar-refractivity contribution in [1.29, 1.82) is 0 Å². The van der Waals surface area contributed by atoms with Gasteiger partial charge < -0.3 is 4.90 Å². The van der Waals surface area contributed by atoms with Gasteiger partial charge in [0.2, 0.25) is 20.0 Å². The molecule has 184 valence electrons. The van der Waals surface area contributed by atoms with E-state index in [4.69, 9.17) is 0 Å². The molecule has 0 saturated carbocycles. The number of amides is 1. The third kappa shape index (κ3) is 4.91. The highest BCUT2D eigenvalue weighted by molar-refractivity contribution is 7.89. The van der Waals surface area contributed by atoms with E-state index < -0.39 is 20.0 Å². The number of nitrogens with zero attached hydrogens (tertiary/aromatic N) is 3. The fourth-order valence-corrected chi connectivity index (χ4v) is 7.62. The highest BCUT2D eigenvalue weighted by atomic mass is 32.2. The molecule has 1 amide bonds. The zero-order valence-electron chi connectivity index (χ0n) is 19.6. The summed E-state index contributed by atoms with van der Waals surface area (Å²) in [5.74, 6) is -0.289. The van der Waals surface area contributed by atoms with E-state index in [0.29, 0.717) is 24.2 Å². The van der Waals surface area contributed by atoms with Gasteiger partial charge in [0, 0.05) is 44.8 Å². The van der Waals surface area contributed by atoms with Gasteiger partial charge in [-0.25, -0.2) is 16.8 Å². The summed E-state index contributed by atoms with van der Waals surface area (Å²) in [5.41, 5.74) is 1.89. The lowest BCUT2D eigenvalue weighted by Crippen LogP contribution is -2.50. The summed E-state index contributed by atoms with van der Waals surface area (Å²) in [6.07, 6.45) is 2.70. The Labute approximate surface area is 202 Å². The van der Waals surface area contributed by atoms with Crippen molar-refractivity contribution in [2.75, 3.05) is 39.3 Å². The minimum Gasteiger partial charge on any atom is -0.336 e. The Balaban J connectivity index is 1.48. The van der Waals surface area contributed by atoms with Gasteiger partial charge in [0.1, 0.15) is 0 Å². The molecule has 0 N–H and O–H groups in total. The van der Waals surface area contributed by atoms with Gasteiger partial charge in [0.25, 0.3) is 5.91 Å². The molecule has 34 heavy (non-hydrogen) atoms. The molecule has 2 aliphatic heterocycles. The van der Waals surface area contributed by atoms with E-state index in [9.17, 15) is 21.6 Å². The summed E-state index contributed by atoms with van der Waals surface area (Å²) in [7, 11) is -7.29. The Hall–Kier alpha value is -2.27. The number of piperazine rings is 1. The number of benzene rings is 2. The van der Waals surface area contributed by atoms with Crippen molar-refractivity contribution in [3.8, 4) is 0 Å². The molecule has 0 atom stereocenters. The zero-order valence-corrected chi connectivity index (χ0v) is 21.2. The van der Waals surface area contributed by atoms with E-state index in [1.807, 2.05) is 6.92 Å². The van der Waals surface area contributed by atoms with Crippen LogP contribution in [-0.2, 0) is 20.0 Å². The van der Waals surface area contributed by atoms with Crippen molar-refractivity contribution in [3.63, 3.8) is 0 Å². The minimum absolute atomic E-state index is 0.167. The highest BCUT2D eigenvalue weighted by Crippen LogP contribution is 2.25. The molecule has 10 heteroatoms. The predicted octanol–water partition coefficient (Wildman–Crippen LogP) is 2.62. The quantitative estimate of drug-likeness (QED) is 0.623. The van der Waals surface area contributed by atoms with E-state index in [1.165, 1.54) is 14.7 Å². The van der Waals surface area contributed by atoms with Crippen LogP contribution in [0, 0.1) is 13.8 Å². The molecule has 0 aliphatic carbocycles. The van der Waals surface area contributed by atoms with Crippen LogP contribution in [0.5, 0.6) is 0 Å². The lowest BCUT2D eigenvalue weighted by atomic mass is 10.1. The fraction of sp³-hybridized carbons (Fsp3) is 0.458.